The van der Waals surface area contributed by atoms with Gasteiger partial charge in [-0.15, -0.1) is 0 Å². The van der Waals surface area contributed by atoms with Crippen molar-refractivity contribution in [1.29, 1.82) is 0 Å². The minimum Gasteiger partial charge on any atom is -0.493 e. The highest BCUT2D eigenvalue weighted by atomic mass is 32.2. The van der Waals surface area contributed by atoms with Crippen LogP contribution in [0.1, 0.15) is 30.9 Å². The van der Waals surface area contributed by atoms with E-state index in [9.17, 15) is 18.0 Å². The fraction of sp³-hybridized carbons (Fsp3) is 0.417. The van der Waals surface area contributed by atoms with Crippen molar-refractivity contribution in [3.63, 3.8) is 0 Å². The van der Waals surface area contributed by atoms with Gasteiger partial charge in [-0.1, -0.05) is 25.1 Å². The van der Waals surface area contributed by atoms with Gasteiger partial charge in [-0.25, -0.2) is 18.2 Å². The normalized spacial score (nSPS) is 21.4. The lowest BCUT2D eigenvalue weighted by Crippen LogP contribution is -2.52. The molecule has 10 heteroatoms. The van der Waals surface area contributed by atoms with Gasteiger partial charge in [0.15, 0.2) is 4.87 Å². The van der Waals surface area contributed by atoms with E-state index in [1.807, 2.05) is 6.92 Å². The first kappa shape index (κ1) is 24.6. The number of nitrogens with zero attached hydrogens (tertiary/aromatic N) is 2. The largest absolute Gasteiger partial charge is 0.493 e. The number of benzene rings is 2. The number of hydrazone groups is 1. The Labute approximate surface area is 200 Å². The first-order valence-corrected chi connectivity index (χ1v) is 11.8. The first-order valence-electron chi connectivity index (χ1n) is 11.0. The molecule has 2 aliphatic heterocycles. The Balaban J connectivity index is 1.83. The van der Waals surface area contributed by atoms with Crippen LogP contribution in [0, 0.1) is 23.4 Å². The van der Waals surface area contributed by atoms with E-state index in [1.54, 1.807) is 0 Å². The zero-order valence-corrected chi connectivity index (χ0v) is 19.7. The molecular weight excluding hydrogens is 469 g/mol. The summed E-state index contributed by atoms with van der Waals surface area (Å²) in [4.78, 5) is 12.2. The first-order chi connectivity index (χ1) is 16.4. The van der Waals surface area contributed by atoms with Crippen molar-refractivity contribution in [2.45, 2.75) is 24.6 Å². The molecule has 1 amide bonds. The molecule has 0 saturated heterocycles. The second-order valence-electron chi connectivity index (χ2n) is 8.02. The molecule has 0 N–H and O–H groups in total. The van der Waals surface area contributed by atoms with E-state index in [2.05, 4.69) is 5.10 Å². The molecule has 0 saturated carbocycles. The van der Waals surface area contributed by atoms with Crippen molar-refractivity contribution in [2.24, 2.45) is 11.0 Å². The topological polar surface area (TPSA) is 60.4 Å². The Kier molecular flexibility index (Phi) is 7.49. The highest BCUT2D eigenvalue weighted by Gasteiger charge is 2.57. The second kappa shape index (κ2) is 10.4. The number of carbonyl (C=O) groups is 1. The van der Waals surface area contributed by atoms with Gasteiger partial charge in [-0.3, -0.25) is 4.79 Å². The lowest BCUT2D eigenvalue weighted by Gasteiger charge is -2.45. The maximum absolute atomic E-state index is 14.7. The van der Waals surface area contributed by atoms with Gasteiger partial charge >= 0.3 is 0 Å². The number of thioether (sulfide) groups is 1. The fourth-order valence-electron chi connectivity index (χ4n) is 4.23. The van der Waals surface area contributed by atoms with Gasteiger partial charge < -0.3 is 14.2 Å². The lowest BCUT2D eigenvalue weighted by atomic mass is 9.86. The molecule has 0 aromatic heterocycles. The van der Waals surface area contributed by atoms with E-state index in [-0.39, 0.29) is 36.3 Å². The van der Waals surface area contributed by atoms with E-state index in [1.165, 1.54) is 30.3 Å². The van der Waals surface area contributed by atoms with Gasteiger partial charge in [0.1, 0.15) is 34.9 Å². The van der Waals surface area contributed by atoms with Crippen LogP contribution in [0.25, 0.3) is 0 Å². The number of amides is 1. The minimum atomic E-state index is -1.21. The van der Waals surface area contributed by atoms with Gasteiger partial charge in [0.25, 0.3) is 5.91 Å². The molecular formula is C24H25F3N2O4S. The number of rotatable bonds is 8. The molecule has 2 heterocycles. The van der Waals surface area contributed by atoms with E-state index in [0.29, 0.717) is 24.3 Å². The van der Waals surface area contributed by atoms with Crippen molar-refractivity contribution >= 4 is 22.7 Å². The van der Waals surface area contributed by atoms with Crippen molar-refractivity contribution < 1.29 is 32.2 Å². The number of carbonyl (C=O) groups excluding carboxylic acids is 1. The van der Waals surface area contributed by atoms with Crippen LogP contribution in [0.2, 0.25) is 0 Å². The van der Waals surface area contributed by atoms with Crippen LogP contribution in [0.5, 0.6) is 5.75 Å². The van der Waals surface area contributed by atoms with E-state index in [0.717, 1.165) is 36.4 Å². The van der Waals surface area contributed by atoms with E-state index in [4.69, 9.17) is 14.2 Å². The maximum Gasteiger partial charge on any atom is 0.270 e. The second-order valence-corrected chi connectivity index (χ2v) is 9.23. The molecule has 2 aromatic carbocycles. The van der Waals surface area contributed by atoms with E-state index < -0.39 is 28.2 Å². The summed E-state index contributed by atoms with van der Waals surface area (Å²) in [7, 11) is 1.52. The molecule has 2 aromatic rings. The van der Waals surface area contributed by atoms with Crippen molar-refractivity contribution in [2.75, 3.05) is 33.5 Å². The number of ether oxygens (including phenoxy) is 3. The Bertz CT molecular complexity index is 1100. The van der Waals surface area contributed by atoms with E-state index >= 15 is 0 Å². The van der Waals surface area contributed by atoms with Gasteiger partial charge in [-0.2, -0.15) is 5.10 Å². The quantitative estimate of drug-likeness (QED) is 0.500. The molecule has 0 bridgehead atoms. The number of hydrogen-bond donors (Lipinski definition) is 0. The molecule has 0 aliphatic carbocycles. The minimum absolute atomic E-state index is 0.0698. The Morgan fingerprint density at radius 1 is 1.21 bits per heavy atom. The third kappa shape index (κ3) is 4.54. The molecule has 34 heavy (non-hydrogen) atoms. The molecule has 0 fully saturated rings. The average molecular weight is 495 g/mol. The van der Waals surface area contributed by atoms with Crippen LogP contribution < -0.4 is 4.74 Å². The Hall–Kier alpha value is -2.56. The van der Waals surface area contributed by atoms with Crippen molar-refractivity contribution in [3.05, 3.63) is 65.0 Å². The summed E-state index contributed by atoms with van der Waals surface area (Å²) in [6, 6.07) is 7.17. The number of fused-ring (bicyclic) bond motifs is 2. The van der Waals surface area contributed by atoms with Crippen LogP contribution >= 0.6 is 11.8 Å². The molecule has 4 rings (SSSR count). The smallest absolute Gasteiger partial charge is 0.270 e. The summed E-state index contributed by atoms with van der Waals surface area (Å²) in [5.74, 6) is -2.19. The highest BCUT2D eigenvalue weighted by Crippen LogP contribution is 2.57. The molecule has 182 valence electrons. The highest BCUT2D eigenvalue weighted by molar-refractivity contribution is 8.15. The third-order valence-electron chi connectivity index (χ3n) is 5.77. The van der Waals surface area contributed by atoms with Gasteiger partial charge in [0, 0.05) is 24.2 Å². The fourth-order valence-corrected chi connectivity index (χ4v) is 5.77. The SMILES string of the molecule is CCC[C@@H]1COc2ccc(F)cc2[C@@]12SC(c1cc(F)ccc1F)=NN2C(=O)COCCOC. The predicted octanol–water partition coefficient (Wildman–Crippen LogP) is 4.67. The van der Waals surface area contributed by atoms with Crippen LogP contribution in [-0.4, -0.2) is 49.5 Å². The summed E-state index contributed by atoms with van der Waals surface area (Å²) in [5, 5.41) is 5.83. The summed E-state index contributed by atoms with van der Waals surface area (Å²) in [6.07, 6.45) is 1.39. The molecule has 2 atom stereocenters. The van der Waals surface area contributed by atoms with Crippen LogP contribution in [0.15, 0.2) is 41.5 Å². The lowest BCUT2D eigenvalue weighted by molar-refractivity contribution is -0.142. The zero-order valence-electron chi connectivity index (χ0n) is 18.9. The zero-order chi connectivity index (χ0) is 24.3. The van der Waals surface area contributed by atoms with Crippen LogP contribution in [0.3, 0.4) is 0 Å². The van der Waals surface area contributed by atoms with Crippen LogP contribution in [0.4, 0.5) is 13.2 Å². The molecule has 2 aliphatic rings. The molecule has 0 unspecified atom stereocenters. The number of hydrogen-bond acceptors (Lipinski definition) is 6. The summed E-state index contributed by atoms with van der Waals surface area (Å²) < 4.78 is 59.5. The standard InChI is InChI=1S/C24H25F3N2O4S/c1-3-4-15-13-33-21-8-6-17(26)12-19(21)24(15)29(22(30)14-32-10-9-31-2)28-23(34-24)18-11-16(25)5-7-20(18)27/h5-8,11-12,15H,3-4,9-10,13-14H2,1-2H3/t15-,24+/m1/s1. The monoisotopic (exact) mass is 494 g/mol. The molecule has 0 radical (unpaired) electrons. The third-order valence-corrected chi connectivity index (χ3v) is 7.30. The Morgan fingerprint density at radius 2 is 1.97 bits per heavy atom. The average Bonchev–Trinajstić information content (AvgIpc) is 3.22. The van der Waals surface area contributed by atoms with Gasteiger partial charge in [0.2, 0.25) is 0 Å². The summed E-state index contributed by atoms with van der Waals surface area (Å²) in [5.41, 5.74) is 0.350. The number of methoxy groups -OCH3 is 1. The maximum atomic E-state index is 14.7. The van der Waals surface area contributed by atoms with Crippen molar-refractivity contribution in [1.82, 2.24) is 5.01 Å². The Morgan fingerprint density at radius 3 is 2.74 bits per heavy atom. The van der Waals surface area contributed by atoms with Crippen LogP contribution in [-0.2, 0) is 19.1 Å². The predicted molar refractivity (Wildman–Crippen MR) is 122 cm³/mol. The van der Waals surface area contributed by atoms with Crippen molar-refractivity contribution in [3.8, 4) is 5.75 Å². The van der Waals surface area contributed by atoms with Gasteiger partial charge in [0.05, 0.1) is 19.8 Å². The molecule has 6 nitrogen and oxygen atoms in total. The summed E-state index contributed by atoms with van der Waals surface area (Å²) in [6.45, 7) is 2.43. The molecule has 1 spiro atoms. The summed E-state index contributed by atoms with van der Waals surface area (Å²) >= 11 is 1.11. The number of halogens is 3. The van der Waals surface area contributed by atoms with Gasteiger partial charge in [-0.05, 0) is 42.8 Å².